The summed E-state index contributed by atoms with van der Waals surface area (Å²) < 4.78 is 5.28. The zero-order valence-corrected chi connectivity index (χ0v) is 19.8. The molecule has 7 nitrogen and oxygen atoms in total. The van der Waals surface area contributed by atoms with Gasteiger partial charge in [0.25, 0.3) is 5.91 Å². The summed E-state index contributed by atoms with van der Waals surface area (Å²) in [5.74, 6) is -1.14. The fourth-order valence-corrected chi connectivity index (χ4v) is 3.60. The lowest BCUT2D eigenvalue weighted by molar-refractivity contribution is -0.149. The molecule has 1 aliphatic rings. The van der Waals surface area contributed by atoms with E-state index in [0.29, 0.717) is 35.2 Å². The lowest BCUT2D eigenvalue weighted by Gasteiger charge is -2.29. The first-order chi connectivity index (χ1) is 14.6. The number of hydrogen-bond acceptors (Lipinski definition) is 5. The van der Waals surface area contributed by atoms with Crippen LogP contribution in [0.1, 0.15) is 89.5 Å². The molecule has 2 atom stereocenters. The van der Waals surface area contributed by atoms with Crippen molar-refractivity contribution in [1.29, 1.82) is 0 Å². The van der Waals surface area contributed by atoms with Crippen molar-refractivity contribution in [3.8, 4) is 0 Å². The average Bonchev–Trinajstić information content (AvgIpc) is 3.09. The van der Waals surface area contributed by atoms with E-state index >= 15 is 0 Å². The molecule has 1 aromatic rings. The van der Waals surface area contributed by atoms with Crippen molar-refractivity contribution in [1.82, 2.24) is 5.32 Å². The third-order valence-electron chi connectivity index (χ3n) is 5.40. The number of unbranched alkanes of at least 4 members (excludes halogenated alkanes) is 1. The number of amidine groups is 1. The van der Waals surface area contributed by atoms with Crippen LogP contribution in [-0.2, 0) is 19.1 Å². The summed E-state index contributed by atoms with van der Waals surface area (Å²) in [6.45, 7) is 7.84. The number of nitrogens with zero attached hydrogens (tertiary/aromatic N) is 2. The van der Waals surface area contributed by atoms with Gasteiger partial charge in [0.15, 0.2) is 0 Å². The summed E-state index contributed by atoms with van der Waals surface area (Å²) in [5.41, 5.74) is -0.472. The number of anilines is 1. The first-order valence-corrected chi connectivity index (χ1v) is 11.2. The van der Waals surface area contributed by atoms with Gasteiger partial charge in [-0.2, -0.15) is 10.1 Å². The second-order valence-corrected chi connectivity index (χ2v) is 8.86. The Hall–Kier alpha value is -2.12. The molecule has 1 aliphatic heterocycles. The summed E-state index contributed by atoms with van der Waals surface area (Å²) in [5, 5.41) is 8.86. The molecule has 0 saturated heterocycles. The molecule has 0 saturated carbocycles. The van der Waals surface area contributed by atoms with Gasteiger partial charge < -0.3 is 10.1 Å². The van der Waals surface area contributed by atoms with Crippen molar-refractivity contribution in [3.05, 3.63) is 28.2 Å². The Morgan fingerprint density at radius 3 is 2.40 bits per heavy atom. The summed E-state index contributed by atoms with van der Waals surface area (Å²) >= 11 is 12.2. The minimum atomic E-state index is -0.824. The van der Waals surface area contributed by atoms with Crippen LogP contribution in [0.25, 0.3) is 0 Å². The van der Waals surface area contributed by atoms with Gasteiger partial charge >= 0.3 is 5.97 Å². The predicted molar refractivity (Wildman–Crippen MR) is 149 cm³/mol. The maximum absolute atomic E-state index is 13.0. The maximum Gasteiger partial charge on any atom is 0.308 e. The van der Waals surface area contributed by atoms with Crippen molar-refractivity contribution in [2.24, 2.45) is 16.4 Å². The van der Waals surface area contributed by atoms with E-state index in [-0.39, 0.29) is 59.7 Å². The monoisotopic (exact) mass is 533 g/mol. The van der Waals surface area contributed by atoms with E-state index in [1.165, 1.54) is 6.07 Å². The number of carbonyl (C=O) groups excluding carboxylic acids is 3. The molecular weight excluding hydrogens is 489 g/mol. The van der Waals surface area contributed by atoms with Crippen molar-refractivity contribution in [3.63, 3.8) is 0 Å². The standard InChI is InChI=1S/C22H29Cl2N3O4.4CH4/c1-5-7-10-31-20(29)14(3)13-22(4,6-2)21(30)25-18-12-19(28)27(26-18)17-11-15(23)8-9-16(17)24;;;;/h8-9,11,14H,5-7,10,12-13H2,1-4H3,(H,25,26,30);4*1H4. The Morgan fingerprint density at radius 2 is 1.83 bits per heavy atom. The molecule has 0 radical (unpaired) electrons. The van der Waals surface area contributed by atoms with E-state index in [1.807, 2.05) is 13.8 Å². The molecule has 9 heteroatoms. The Morgan fingerprint density at radius 1 is 1.20 bits per heavy atom. The summed E-state index contributed by atoms with van der Waals surface area (Å²) in [7, 11) is 0. The fraction of sp³-hybridized carbons (Fsp3) is 0.615. The molecule has 2 amide bonds. The minimum Gasteiger partial charge on any atom is -0.465 e. The molecule has 0 bridgehead atoms. The summed E-state index contributed by atoms with van der Waals surface area (Å²) in [6, 6.07) is 4.73. The molecular formula is C26H45Cl2N3O4. The summed E-state index contributed by atoms with van der Waals surface area (Å²) in [6.07, 6.45) is 2.52. The van der Waals surface area contributed by atoms with Crippen LogP contribution in [0.5, 0.6) is 0 Å². The number of carbonyl (C=O) groups is 3. The molecule has 202 valence electrons. The van der Waals surface area contributed by atoms with Crippen LogP contribution >= 0.6 is 23.2 Å². The second kappa shape index (κ2) is 16.5. The van der Waals surface area contributed by atoms with Crippen LogP contribution < -0.4 is 10.3 Å². The molecule has 35 heavy (non-hydrogen) atoms. The number of hydrazone groups is 1. The highest BCUT2D eigenvalue weighted by Gasteiger charge is 2.37. The van der Waals surface area contributed by atoms with Crippen LogP contribution in [-0.4, -0.2) is 30.2 Å². The SMILES string of the molecule is C.C.C.C.CCCCOC(=O)C(C)CC(C)(CC)C(=O)NC1=NN(c2cc(Cl)ccc2Cl)C(=O)C1. The number of benzene rings is 1. The first-order valence-electron chi connectivity index (χ1n) is 10.4. The van der Waals surface area contributed by atoms with Crippen LogP contribution in [0.2, 0.25) is 10.0 Å². The second-order valence-electron chi connectivity index (χ2n) is 8.02. The van der Waals surface area contributed by atoms with E-state index in [1.54, 1.807) is 26.0 Å². The van der Waals surface area contributed by atoms with Crippen LogP contribution in [0, 0.1) is 11.3 Å². The Labute approximate surface area is 222 Å². The maximum atomic E-state index is 13.0. The zero-order chi connectivity index (χ0) is 23.2. The molecule has 0 fully saturated rings. The first kappa shape index (κ1) is 37.4. The molecule has 2 rings (SSSR count). The van der Waals surface area contributed by atoms with Gasteiger partial charge in [0.05, 0.1) is 29.7 Å². The number of amides is 2. The van der Waals surface area contributed by atoms with Crippen LogP contribution in [0.4, 0.5) is 5.69 Å². The topological polar surface area (TPSA) is 88.1 Å². The number of nitrogens with one attached hydrogen (secondary N) is 1. The van der Waals surface area contributed by atoms with Gasteiger partial charge in [-0.05, 0) is 37.5 Å². The normalized spacial score (nSPS) is 14.6. The molecule has 2 unspecified atom stereocenters. The van der Waals surface area contributed by atoms with Crippen molar-refractivity contribution in [2.45, 2.75) is 89.5 Å². The molecule has 0 aromatic heterocycles. The lowest BCUT2D eigenvalue weighted by Crippen LogP contribution is -2.43. The number of esters is 1. The van der Waals surface area contributed by atoms with Crippen LogP contribution in [0.3, 0.4) is 0 Å². The van der Waals surface area contributed by atoms with Crippen molar-refractivity contribution in [2.75, 3.05) is 11.6 Å². The third-order valence-corrected chi connectivity index (χ3v) is 5.95. The van der Waals surface area contributed by atoms with E-state index in [0.717, 1.165) is 17.9 Å². The highest BCUT2D eigenvalue weighted by Crippen LogP contribution is 2.33. The molecule has 1 N–H and O–H groups in total. The van der Waals surface area contributed by atoms with Crippen molar-refractivity contribution < 1.29 is 19.1 Å². The van der Waals surface area contributed by atoms with E-state index < -0.39 is 11.3 Å². The van der Waals surface area contributed by atoms with E-state index in [4.69, 9.17) is 27.9 Å². The van der Waals surface area contributed by atoms with Gasteiger partial charge in [-0.3, -0.25) is 14.4 Å². The minimum absolute atomic E-state index is 0. The largest absolute Gasteiger partial charge is 0.465 e. The Balaban J connectivity index is -0.00000256. The van der Waals surface area contributed by atoms with Gasteiger partial charge in [0, 0.05) is 10.4 Å². The molecule has 0 spiro atoms. The number of ether oxygens (including phenoxy) is 1. The zero-order valence-electron chi connectivity index (χ0n) is 18.3. The highest BCUT2D eigenvalue weighted by molar-refractivity contribution is 6.36. The molecule has 0 aliphatic carbocycles. The molecule has 1 aromatic carbocycles. The lowest BCUT2D eigenvalue weighted by atomic mass is 9.78. The Kier molecular flexibility index (Phi) is 17.7. The van der Waals surface area contributed by atoms with Gasteiger partial charge in [-0.25, -0.2) is 0 Å². The van der Waals surface area contributed by atoms with Crippen LogP contribution in [0.15, 0.2) is 23.3 Å². The van der Waals surface area contributed by atoms with Gasteiger partial charge in [-0.1, -0.05) is 87.0 Å². The third kappa shape index (κ3) is 9.80. The predicted octanol–water partition coefficient (Wildman–Crippen LogP) is 7.49. The van der Waals surface area contributed by atoms with Gasteiger partial charge in [-0.15, -0.1) is 0 Å². The van der Waals surface area contributed by atoms with Gasteiger partial charge in [0.1, 0.15) is 5.84 Å². The average molecular weight is 535 g/mol. The number of rotatable bonds is 9. The van der Waals surface area contributed by atoms with E-state index in [2.05, 4.69) is 10.4 Å². The highest BCUT2D eigenvalue weighted by atomic mass is 35.5. The number of hydrogen-bond donors (Lipinski definition) is 1. The van der Waals surface area contributed by atoms with E-state index in [9.17, 15) is 14.4 Å². The van der Waals surface area contributed by atoms with Gasteiger partial charge in [0.2, 0.25) is 5.91 Å². The fourth-order valence-electron chi connectivity index (χ4n) is 3.23. The van der Waals surface area contributed by atoms with Crippen molar-refractivity contribution >= 4 is 52.5 Å². The smallest absolute Gasteiger partial charge is 0.308 e. The Bertz CT molecular complexity index is 876. The molecule has 1 heterocycles. The summed E-state index contributed by atoms with van der Waals surface area (Å²) in [4.78, 5) is 37.7. The number of halogens is 2. The quantitative estimate of drug-likeness (QED) is 0.263.